The van der Waals surface area contributed by atoms with Gasteiger partial charge in [-0.25, -0.2) is 4.98 Å². The second kappa shape index (κ2) is 10.1. The minimum Gasteiger partial charge on any atom is -0.492 e. The summed E-state index contributed by atoms with van der Waals surface area (Å²) in [6, 6.07) is 8.02. The second-order valence-corrected chi connectivity index (χ2v) is 10.3. The highest BCUT2D eigenvalue weighted by Crippen LogP contribution is 2.32. The van der Waals surface area contributed by atoms with Gasteiger partial charge in [0.15, 0.2) is 5.82 Å². The van der Waals surface area contributed by atoms with Gasteiger partial charge in [0.05, 0.1) is 12.8 Å². The number of tetrazole rings is 1. The summed E-state index contributed by atoms with van der Waals surface area (Å²) in [7, 11) is 0. The van der Waals surface area contributed by atoms with Gasteiger partial charge in [0.1, 0.15) is 28.9 Å². The molecule has 1 saturated heterocycles. The van der Waals surface area contributed by atoms with Crippen molar-refractivity contribution in [2.75, 3.05) is 17.2 Å². The zero-order valence-electron chi connectivity index (χ0n) is 21.8. The van der Waals surface area contributed by atoms with Crippen LogP contribution in [0, 0.1) is 11.3 Å². The van der Waals surface area contributed by atoms with Gasteiger partial charge in [-0.15, -0.1) is 5.10 Å². The number of benzene rings is 1. The zero-order chi connectivity index (χ0) is 25.9. The minimum atomic E-state index is -0.0351. The van der Waals surface area contributed by atoms with Crippen molar-refractivity contribution in [3.05, 3.63) is 35.8 Å². The van der Waals surface area contributed by atoms with Crippen molar-refractivity contribution in [3.63, 3.8) is 0 Å². The number of ether oxygens (including phenoxy) is 1. The molecule has 2 aromatic heterocycles. The van der Waals surface area contributed by atoms with E-state index in [1.165, 1.54) is 0 Å². The molecule has 0 saturated carbocycles. The quantitative estimate of drug-likeness (QED) is 0.428. The van der Waals surface area contributed by atoms with Crippen molar-refractivity contribution < 1.29 is 4.74 Å². The van der Waals surface area contributed by atoms with E-state index < -0.39 is 0 Å². The van der Waals surface area contributed by atoms with Crippen LogP contribution in [0.3, 0.4) is 0 Å². The molecule has 0 bridgehead atoms. The number of nitrogens with zero attached hydrogens (tertiary/aromatic N) is 7. The summed E-state index contributed by atoms with van der Waals surface area (Å²) in [5, 5.41) is 32.2. The highest BCUT2D eigenvalue weighted by Gasteiger charge is 2.38. The van der Waals surface area contributed by atoms with E-state index >= 15 is 0 Å². The van der Waals surface area contributed by atoms with Crippen LogP contribution in [-0.4, -0.2) is 53.9 Å². The number of piperidine rings is 1. The fraction of sp³-hybridized carbons (Fsp3) is 0.520. The summed E-state index contributed by atoms with van der Waals surface area (Å²) in [6.45, 7) is 13.2. The van der Waals surface area contributed by atoms with Crippen LogP contribution in [0.1, 0.15) is 65.8 Å². The standard InChI is InChI=1S/C25H34N10O/c1-7-21-31-33-34-35(21)19-11-17(9-10-20(19)36-8-2)29-23-27-15-16(14-26)22(30-23)28-18-12-24(3,4)32-25(5,6)13-18/h9-11,15,18,32H,7-8,12-13H2,1-6H3,(H2,27,28,29,30). The van der Waals surface area contributed by atoms with Crippen LogP contribution in [0.4, 0.5) is 17.5 Å². The molecule has 3 aromatic rings. The summed E-state index contributed by atoms with van der Waals surface area (Å²) in [5.74, 6) is 2.30. The number of hydrogen-bond acceptors (Lipinski definition) is 10. The van der Waals surface area contributed by atoms with E-state index in [-0.39, 0.29) is 17.1 Å². The lowest BCUT2D eigenvalue weighted by Crippen LogP contribution is -2.60. The summed E-state index contributed by atoms with van der Waals surface area (Å²) >= 11 is 0. The summed E-state index contributed by atoms with van der Waals surface area (Å²) in [6.07, 6.45) is 4.03. The van der Waals surface area contributed by atoms with Gasteiger partial charge >= 0.3 is 0 Å². The number of anilines is 3. The van der Waals surface area contributed by atoms with Gasteiger partial charge in [0.25, 0.3) is 0 Å². The van der Waals surface area contributed by atoms with Crippen molar-refractivity contribution >= 4 is 17.5 Å². The number of aromatic nitrogens is 6. The van der Waals surface area contributed by atoms with Crippen molar-refractivity contribution in [2.45, 2.75) is 77.9 Å². The molecule has 0 amide bonds. The zero-order valence-corrected chi connectivity index (χ0v) is 21.8. The SMILES string of the molecule is CCOc1ccc(Nc2ncc(C#N)c(NC3CC(C)(C)NC(C)(C)C3)n2)cc1-n1nnnc1CC. The monoisotopic (exact) mass is 490 g/mol. The summed E-state index contributed by atoms with van der Waals surface area (Å²) < 4.78 is 7.48. The highest BCUT2D eigenvalue weighted by atomic mass is 16.5. The molecule has 1 fully saturated rings. The lowest BCUT2D eigenvalue weighted by atomic mass is 9.79. The molecule has 0 unspecified atom stereocenters. The Morgan fingerprint density at radius 1 is 1.19 bits per heavy atom. The molecule has 3 N–H and O–H groups in total. The average Bonchev–Trinajstić information content (AvgIpc) is 3.27. The number of rotatable bonds is 8. The van der Waals surface area contributed by atoms with Crippen LogP contribution in [-0.2, 0) is 6.42 Å². The molecule has 0 radical (unpaired) electrons. The molecule has 36 heavy (non-hydrogen) atoms. The molecule has 11 heteroatoms. The first-order valence-corrected chi connectivity index (χ1v) is 12.3. The number of aryl methyl sites for hydroxylation is 1. The normalized spacial score (nSPS) is 16.8. The van der Waals surface area contributed by atoms with E-state index in [9.17, 15) is 5.26 Å². The molecule has 190 valence electrons. The maximum Gasteiger partial charge on any atom is 0.229 e. The first-order valence-electron chi connectivity index (χ1n) is 12.3. The Kier molecular flexibility index (Phi) is 7.08. The average molecular weight is 491 g/mol. The molecule has 1 aliphatic rings. The second-order valence-electron chi connectivity index (χ2n) is 10.3. The van der Waals surface area contributed by atoms with Gasteiger partial charge < -0.3 is 20.7 Å². The van der Waals surface area contributed by atoms with Gasteiger partial charge in [-0.1, -0.05) is 6.92 Å². The van der Waals surface area contributed by atoms with Crippen LogP contribution in [0.15, 0.2) is 24.4 Å². The van der Waals surface area contributed by atoms with E-state index in [2.05, 4.69) is 75.2 Å². The van der Waals surface area contributed by atoms with Gasteiger partial charge in [-0.3, -0.25) is 0 Å². The van der Waals surface area contributed by atoms with Crippen LogP contribution in [0.2, 0.25) is 0 Å². The maximum atomic E-state index is 9.67. The fourth-order valence-electron chi connectivity index (χ4n) is 5.03. The highest BCUT2D eigenvalue weighted by molar-refractivity contribution is 5.64. The van der Waals surface area contributed by atoms with E-state index in [0.717, 1.165) is 30.0 Å². The number of nitriles is 1. The smallest absolute Gasteiger partial charge is 0.229 e. The van der Waals surface area contributed by atoms with Crippen molar-refractivity contribution in [1.29, 1.82) is 5.26 Å². The third kappa shape index (κ3) is 5.71. The number of nitrogens with one attached hydrogen (secondary N) is 3. The van der Waals surface area contributed by atoms with Gasteiger partial charge in [-0.2, -0.15) is 14.9 Å². The molecule has 0 aliphatic carbocycles. The molecule has 11 nitrogen and oxygen atoms in total. The number of hydrogen-bond donors (Lipinski definition) is 3. The third-order valence-corrected chi connectivity index (χ3v) is 6.03. The summed E-state index contributed by atoms with van der Waals surface area (Å²) in [4.78, 5) is 9.02. The summed E-state index contributed by atoms with van der Waals surface area (Å²) in [5.41, 5.74) is 1.79. The Hall–Kier alpha value is -3.78. The van der Waals surface area contributed by atoms with E-state index in [1.54, 1.807) is 10.9 Å². The Balaban J connectivity index is 1.62. The Morgan fingerprint density at radius 2 is 1.94 bits per heavy atom. The van der Waals surface area contributed by atoms with Crippen molar-refractivity contribution in [1.82, 2.24) is 35.5 Å². The molecule has 1 aliphatic heterocycles. The third-order valence-electron chi connectivity index (χ3n) is 6.03. The van der Waals surface area contributed by atoms with Gasteiger partial charge in [0, 0.05) is 29.2 Å². The molecular formula is C25H34N10O. The predicted molar refractivity (Wildman–Crippen MR) is 138 cm³/mol. The fourth-order valence-corrected chi connectivity index (χ4v) is 5.03. The molecule has 4 rings (SSSR count). The van der Waals surface area contributed by atoms with Crippen molar-refractivity contribution in [3.8, 4) is 17.5 Å². The first kappa shape index (κ1) is 25.3. The minimum absolute atomic E-state index is 0.0351. The van der Waals surface area contributed by atoms with Crippen LogP contribution in [0.25, 0.3) is 5.69 Å². The van der Waals surface area contributed by atoms with E-state index in [0.29, 0.717) is 36.1 Å². The lowest BCUT2D eigenvalue weighted by Gasteiger charge is -2.46. The Labute approximate surface area is 211 Å². The van der Waals surface area contributed by atoms with Crippen molar-refractivity contribution in [2.24, 2.45) is 0 Å². The molecule has 1 aromatic carbocycles. The van der Waals surface area contributed by atoms with Crippen LogP contribution in [0.5, 0.6) is 5.75 Å². The van der Waals surface area contributed by atoms with Crippen LogP contribution >= 0.6 is 0 Å². The maximum absolute atomic E-state index is 9.67. The molecular weight excluding hydrogens is 456 g/mol. The van der Waals surface area contributed by atoms with E-state index in [1.807, 2.05) is 32.0 Å². The predicted octanol–water partition coefficient (Wildman–Crippen LogP) is 3.75. The largest absolute Gasteiger partial charge is 0.492 e. The molecule has 0 atom stereocenters. The Morgan fingerprint density at radius 3 is 2.61 bits per heavy atom. The molecule has 3 heterocycles. The topological polar surface area (TPSA) is 138 Å². The van der Waals surface area contributed by atoms with E-state index in [4.69, 9.17) is 4.74 Å². The van der Waals surface area contributed by atoms with Gasteiger partial charge in [0.2, 0.25) is 5.95 Å². The lowest BCUT2D eigenvalue weighted by molar-refractivity contribution is 0.170. The Bertz CT molecular complexity index is 1240. The first-order chi connectivity index (χ1) is 17.1. The molecule has 0 spiro atoms. The van der Waals surface area contributed by atoms with Crippen LogP contribution < -0.4 is 20.7 Å². The van der Waals surface area contributed by atoms with Gasteiger partial charge in [-0.05, 0) is 76.1 Å².